The number of carbonyl (C=O) groups excluding carboxylic acids is 1. The Hall–Kier alpha value is -0.790. The van der Waals surface area contributed by atoms with E-state index >= 15 is 0 Å². The fourth-order valence-electron chi connectivity index (χ4n) is 4.29. The molecule has 0 N–H and O–H groups in total. The van der Waals surface area contributed by atoms with Gasteiger partial charge in [0.15, 0.2) is 0 Å². The summed E-state index contributed by atoms with van der Waals surface area (Å²) in [7, 11) is 0. The van der Waals surface area contributed by atoms with Gasteiger partial charge in [-0.2, -0.15) is 0 Å². The average molecular weight is 233 g/mol. The predicted molar refractivity (Wildman–Crippen MR) is 68.4 cm³/mol. The quantitative estimate of drug-likeness (QED) is 0.686. The lowest BCUT2D eigenvalue weighted by atomic mass is 9.77. The van der Waals surface area contributed by atoms with Crippen molar-refractivity contribution in [3.8, 4) is 0 Å². The van der Waals surface area contributed by atoms with Gasteiger partial charge in [-0.25, -0.2) is 0 Å². The Balaban J connectivity index is 1.76. The highest BCUT2D eigenvalue weighted by Crippen LogP contribution is 2.52. The van der Waals surface area contributed by atoms with Crippen LogP contribution in [0, 0.1) is 23.7 Å². The standard InChI is InChI=1S/C15H23NO/c1-3-4-10(2)16-8-7-13-11-5-6-12(9-11)14(13)15(16)17/h5-6,10-14H,3-4,7-9H2,1-2H3. The van der Waals surface area contributed by atoms with Crippen LogP contribution in [0.5, 0.6) is 0 Å². The molecule has 5 unspecified atom stereocenters. The van der Waals surface area contributed by atoms with Crippen molar-refractivity contribution in [3.63, 3.8) is 0 Å². The van der Waals surface area contributed by atoms with Crippen molar-refractivity contribution >= 4 is 5.91 Å². The van der Waals surface area contributed by atoms with Crippen molar-refractivity contribution in [1.82, 2.24) is 4.90 Å². The molecule has 2 bridgehead atoms. The molecule has 0 aromatic carbocycles. The van der Waals surface area contributed by atoms with Gasteiger partial charge in [-0.05, 0) is 43.9 Å². The molecule has 0 aromatic rings. The lowest BCUT2D eigenvalue weighted by Gasteiger charge is -2.41. The van der Waals surface area contributed by atoms with Gasteiger partial charge in [-0.3, -0.25) is 4.79 Å². The van der Waals surface area contributed by atoms with Crippen molar-refractivity contribution in [2.45, 2.75) is 45.6 Å². The third-order valence-corrected chi connectivity index (χ3v) is 5.13. The van der Waals surface area contributed by atoms with E-state index in [0.717, 1.165) is 18.9 Å². The van der Waals surface area contributed by atoms with E-state index in [1.54, 1.807) is 0 Å². The minimum atomic E-state index is 0.332. The lowest BCUT2D eigenvalue weighted by molar-refractivity contribution is -0.144. The minimum absolute atomic E-state index is 0.332. The average Bonchev–Trinajstić information content (AvgIpc) is 2.90. The largest absolute Gasteiger partial charge is 0.340 e. The maximum atomic E-state index is 12.6. The first kappa shape index (κ1) is 11.3. The summed E-state index contributed by atoms with van der Waals surface area (Å²) in [6, 6.07) is 0.441. The number of hydrogen-bond donors (Lipinski definition) is 0. The van der Waals surface area contributed by atoms with Crippen LogP contribution in [0.3, 0.4) is 0 Å². The Labute approximate surface area is 104 Å². The smallest absolute Gasteiger partial charge is 0.226 e. The highest BCUT2D eigenvalue weighted by molar-refractivity contribution is 5.81. The van der Waals surface area contributed by atoms with Crippen molar-refractivity contribution < 1.29 is 4.79 Å². The molecule has 0 aromatic heterocycles. The molecule has 1 aliphatic heterocycles. The molecule has 2 fully saturated rings. The van der Waals surface area contributed by atoms with E-state index < -0.39 is 0 Å². The number of rotatable bonds is 3. The van der Waals surface area contributed by atoms with Gasteiger partial charge in [-0.15, -0.1) is 0 Å². The molecule has 5 atom stereocenters. The van der Waals surface area contributed by atoms with Crippen molar-refractivity contribution in [2.75, 3.05) is 6.54 Å². The molecule has 2 nitrogen and oxygen atoms in total. The zero-order valence-electron chi connectivity index (χ0n) is 10.9. The fraction of sp³-hybridized carbons (Fsp3) is 0.800. The molecule has 17 heavy (non-hydrogen) atoms. The highest BCUT2D eigenvalue weighted by Gasteiger charge is 2.51. The highest BCUT2D eigenvalue weighted by atomic mass is 16.2. The van der Waals surface area contributed by atoms with Gasteiger partial charge in [0, 0.05) is 18.5 Å². The molecule has 1 saturated carbocycles. The summed E-state index contributed by atoms with van der Waals surface area (Å²) < 4.78 is 0. The van der Waals surface area contributed by atoms with E-state index in [4.69, 9.17) is 0 Å². The minimum Gasteiger partial charge on any atom is -0.340 e. The van der Waals surface area contributed by atoms with Gasteiger partial charge < -0.3 is 4.90 Å². The Morgan fingerprint density at radius 1 is 1.41 bits per heavy atom. The number of nitrogens with zero attached hydrogens (tertiary/aromatic N) is 1. The van der Waals surface area contributed by atoms with E-state index in [2.05, 4.69) is 30.9 Å². The number of carbonyl (C=O) groups is 1. The normalized spacial score (nSPS) is 40.8. The molecule has 1 amide bonds. The second-order valence-corrected chi connectivity index (χ2v) is 6.10. The van der Waals surface area contributed by atoms with Crippen molar-refractivity contribution in [3.05, 3.63) is 12.2 Å². The van der Waals surface area contributed by atoms with Gasteiger partial charge in [0.2, 0.25) is 5.91 Å². The maximum absolute atomic E-state index is 12.6. The van der Waals surface area contributed by atoms with Crippen LogP contribution in [-0.4, -0.2) is 23.4 Å². The summed E-state index contributed by atoms with van der Waals surface area (Å²) in [4.78, 5) is 14.8. The Bertz CT molecular complexity index is 349. The van der Waals surface area contributed by atoms with Crippen LogP contribution in [0.4, 0.5) is 0 Å². The molecule has 1 heterocycles. The Kier molecular flexibility index (Phi) is 2.76. The van der Waals surface area contributed by atoms with Gasteiger partial charge >= 0.3 is 0 Å². The number of amides is 1. The molecule has 3 aliphatic rings. The molecule has 1 saturated heterocycles. The third kappa shape index (κ3) is 1.64. The summed E-state index contributed by atoms with van der Waals surface area (Å²) in [6.07, 6.45) is 9.47. The van der Waals surface area contributed by atoms with Crippen LogP contribution < -0.4 is 0 Å². The topological polar surface area (TPSA) is 20.3 Å². The predicted octanol–water partition coefficient (Wildman–Crippen LogP) is 2.85. The number of allylic oxidation sites excluding steroid dienone is 2. The maximum Gasteiger partial charge on any atom is 0.226 e. The van der Waals surface area contributed by atoms with E-state index in [1.165, 1.54) is 19.3 Å². The van der Waals surface area contributed by atoms with Gasteiger partial charge in [-0.1, -0.05) is 25.5 Å². The zero-order chi connectivity index (χ0) is 12.0. The van der Waals surface area contributed by atoms with Crippen LogP contribution in [0.1, 0.15) is 39.5 Å². The molecule has 2 aliphatic carbocycles. The number of likely N-dealkylation sites (tertiary alicyclic amines) is 1. The van der Waals surface area contributed by atoms with E-state index in [9.17, 15) is 4.79 Å². The summed E-state index contributed by atoms with van der Waals surface area (Å²) in [6.45, 7) is 5.41. The molecule has 2 heteroatoms. The first-order valence-electron chi connectivity index (χ1n) is 7.21. The molecule has 0 spiro atoms. The summed E-state index contributed by atoms with van der Waals surface area (Å²) in [5, 5.41) is 0. The number of fused-ring (bicyclic) bond motifs is 5. The molecule has 3 rings (SSSR count). The molecule has 0 radical (unpaired) electrons. The first-order chi connectivity index (χ1) is 8.22. The summed E-state index contributed by atoms with van der Waals surface area (Å²) in [5.41, 5.74) is 0. The molecule has 94 valence electrons. The van der Waals surface area contributed by atoms with Gasteiger partial charge in [0.25, 0.3) is 0 Å². The fourth-order valence-corrected chi connectivity index (χ4v) is 4.29. The lowest BCUT2D eigenvalue weighted by Crippen LogP contribution is -2.50. The van der Waals surface area contributed by atoms with Crippen LogP contribution in [0.25, 0.3) is 0 Å². The van der Waals surface area contributed by atoms with Crippen LogP contribution in [0.2, 0.25) is 0 Å². The first-order valence-corrected chi connectivity index (χ1v) is 7.21. The second kappa shape index (κ2) is 4.15. The van der Waals surface area contributed by atoms with Crippen LogP contribution >= 0.6 is 0 Å². The van der Waals surface area contributed by atoms with Crippen molar-refractivity contribution in [1.29, 1.82) is 0 Å². The van der Waals surface area contributed by atoms with Crippen LogP contribution in [0.15, 0.2) is 12.2 Å². The zero-order valence-corrected chi connectivity index (χ0v) is 10.9. The van der Waals surface area contributed by atoms with E-state index in [0.29, 0.717) is 29.7 Å². The Morgan fingerprint density at radius 2 is 2.18 bits per heavy atom. The van der Waals surface area contributed by atoms with Gasteiger partial charge in [0.1, 0.15) is 0 Å². The number of piperidine rings is 1. The second-order valence-electron chi connectivity index (χ2n) is 6.10. The van der Waals surface area contributed by atoms with E-state index in [1.807, 2.05) is 0 Å². The van der Waals surface area contributed by atoms with Crippen LogP contribution in [-0.2, 0) is 4.79 Å². The Morgan fingerprint density at radius 3 is 2.94 bits per heavy atom. The van der Waals surface area contributed by atoms with Crippen molar-refractivity contribution in [2.24, 2.45) is 23.7 Å². The third-order valence-electron chi connectivity index (χ3n) is 5.13. The van der Waals surface area contributed by atoms with E-state index in [-0.39, 0.29) is 0 Å². The number of hydrogen-bond acceptors (Lipinski definition) is 1. The monoisotopic (exact) mass is 233 g/mol. The molecular weight excluding hydrogens is 210 g/mol. The summed E-state index contributed by atoms with van der Waals surface area (Å²) >= 11 is 0. The SMILES string of the molecule is CCCC(C)N1CCC2C3C=CC(C3)C2C1=O. The molecular formula is C15H23NO. The summed E-state index contributed by atoms with van der Waals surface area (Å²) in [5.74, 6) is 2.74. The van der Waals surface area contributed by atoms with Gasteiger partial charge in [0.05, 0.1) is 0 Å².